The quantitative estimate of drug-likeness (QED) is 0.609. The summed E-state index contributed by atoms with van der Waals surface area (Å²) < 4.78 is 10.7. The summed E-state index contributed by atoms with van der Waals surface area (Å²) in [5.41, 5.74) is 1.16. The number of carbonyl (C=O) groups excluding carboxylic acids is 1. The van der Waals surface area contributed by atoms with E-state index >= 15 is 0 Å². The molecule has 1 unspecified atom stereocenters. The third-order valence-corrected chi connectivity index (χ3v) is 2.71. The first-order valence-electron chi connectivity index (χ1n) is 6.95. The van der Waals surface area contributed by atoms with Crippen LogP contribution in [0.1, 0.15) is 37.6 Å². The van der Waals surface area contributed by atoms with Crippen molar-refractivity contribution in [1.29, 1.82) is 0 Å². The van der Waals surface area contributed by atoms with Gasteiger partial charge in [0.05, 0.1) is 7.11 Å². The fraction of sp³-hybridized carbons (Fsp3) is 0.389. The van der Waals surface area contributed by atoms with Gasteiger partial charge in [0.15, 0.2) is 6.10 Å². The Morgan fingerprint density at radius 2 is 2.00 bits per heavy atom. The largest absolute Gasteiger partial charge is 0.496 e. The number of esters is 1. The second-order valence-electron chi connectivity index (χ2n) is 5.27. The molecule has 1 aromatic rings. The summed E-state index contributed by atoms with van der Waals surface area (Å²) >= 11 is 0. The van der Waals surface area contributed by atoms with E-state index in [9.17, 15) is 4.79 Å². The van der Waals surface area contributed by atoms with Crippen LogP contribution in [0, 0.1) is 17.8 Å². The maximum atomic E-state index is 12.3. The molecule has 112 valence electrons. The van der Waals surface area contributed by atoms with Gasteiger partial charge >= 0.3 is 5.97 Å². The van der Waals surface area contributed by atoms with Crippen LogP contribution in [0.25, 0.3) is 0 Å². The van der Waals surface area contributed by atoms with Crippen LogP contribution in [0.3, 0.4) is 0 Å². The first-order chi connectivity index (χ1) is 9.93. The predicted molar refractivity (Wildman–Crippen MR) is 84.2 cm³/mol. The summed E-state index contributed by atoms with van der Waals surface area (Å²) in [5.74, 6) is 6.29. The molecule has 0 N–H and O–H groups in total. The molecule has 0 aliphatic rings. The lowest BCUT2D eigenvalue weighted by atomic mass is 10.1. The fourth-order valence-corrected chi connectivity index (χ4v) is 1.77. The molecule has 1 rings (SSSR count). The summed E-state index contributed by atoms with van der Waals surface area (Å²) in [6.07, 6.45) is 0.236. The van der Waals surface area contributed by atoms with Gasteiger partial charge < -0.3 is 9.47 Å². The Balaban J connectivity index is 2.90. The lowest BCUT2D eigenvalue weighted by molar-refractivity contribution is 0.0374. The van der Waals surface area contributed by atoms with Gasteiger partial charge in [-0.3, -0.25) is 0 Å². The minimum Gasteiger partial charge on any atom is -0.496 e. The van der Waals surface area contributed by atoms with Crippen molar-refractivity contribution in [3.63, 3.8) is 0 Å². The van der Waals surface area contributed by atoms with E-state index in [0.29, 0.717) is 23.7 Å². The highest BCUT2D eigenvalue weighted by atomic mass is 16.5. The first kappa shape index (κ1) is 16.8. The van der Waals surface area contributed by atoms with Gasteiger partial charge in [0.25, 0.3) is 0 Å². The van der Waals surface area contributed by atoms with Crippen molar-refractivity contribution in [3.8, 4) is 17.6 Å². The molecule has 21 heavy (non-hydrogen) atoms. The van der Waals surface area contributed by atoms with Gasteiger partial charge in [-0.2, -0.15) is 0 Å². The number of carbonyl (C=O) groups is 1. The maximum absolute atomic E-state index is 12.3. The molecule has 0 aliphatic heterocycles. The molecule has 3 nitrogen and oxygen atoms in total. The van der Waals surface area contributed by atoms with E-state index in [-0.39, 0.29) is 0 Å². The molecule has 3 heteroatoms. The van der Waals surface area contributed by atoms with E-state index in [2.05, 4.69) is 32.3 Å². The van der Waals surface area contributed by atoms with Crippen LogP contribution in [0.4, 0.5) is 0 Å². The lowest BCUT2D eigenvalue weighted by Gasteiger charge is -2.15. The molecule has 0 radical (unpaired) electrons. The minimum atomic E-state index is -0.445. The number of rotatable bonds is 5. The van der Waals surface area contributed by atoms with Crippen LogP contribution < -0.4 is 4.74 Å². The Morgan fingerprint density at radius 3 is 2.57 bits per heavy atom. The first-order valence-corrected chi connectivity index (χ1v) is 6.95. The van der Waals surface area contributed by atoms with Crippen LogP contribution in [0.15, 0.2) is 36.4 Å². The number of allylic oxidation sites excluding steroid dienone is 1. The monoisotopic (exact) mass is 286 g/mol. The van der Waals surface area contributed by atoms with Crippen LogP contribution in [0.2, 0.25) is 0 Å². The molecule has 1 atom stereocenters. The lowest BCUT2D eigenvalue weighted by Crippen LogP contribution is -2.19. The van der Waals surface area contributed by atoms with Gasteiger partial charge in [0.1, 0.15) is 11.3 Å². The molecule has 1 aromatic carbocycles. The van der Waals surface area contributed by atoms with Crippen molar-refractivity contribution in [2.75, 3.05) is 7.11 Å². The van der Waals surface area contributed by atoms with Crippen molar-refractivity contribution >= 4 is 5.97 Å². The van der Waals surface area contributed by atoms with Crippen LogP contribution in [-0.4, -0.2) is 19.2 Å². The molecule has 0 fully saturated rings. The molecular weight excluding hydrogens is 264 g/mol. The van der Waals surface area contributed by atoms with Crippen LogP contribution >= 0.6 is 0 Å². The molecule has 0 bridgehead atoms. The van der Waals surface area contributed by atoms with E-state index in [1.807, 2.05) is 13.0 Å². The summed E-state index contributed by atoms with van der Waals surface area (Å²) in [7, 11) is 1.53. The van der Waals surface area contributed by atoms with Crippen molar-refractivity contribution in [1.82, 2.24) is 0 Å². The average molecular weight is 286 g/mol. The summed E-state index contributed by atoms with van der Waals surface area (Å²) in [4.78, 5) is 12.3. The molecule has 0 saturated heterocycles. The Kier molecular flexibility index (Phi) is 6.55. The van der Waals surface area contributed by atoms with E-state index in [1.54, 1.807) is 18.2 Å². The summed E-state index contributed by atoms with van der Waals surface area (Å²) in [6, 6.07) is 6.99. The number of para-hydroxylation sites is 1. The zero-order chi connectivity index (χ0) is 15.8. The number of hydrogen-bond acceptors (Lipinski definition) is 3. The van der Waals surface area contributed by atoms with Crippen molar-refractivity contribution < 1.29 is 14.3 Å². The third kappa shape index (κ3) is 5.74. The Morgan fingerprint density at radius 1 is 1.33 bits per heavy atom. The molecule has 0 heterocycles. The number of ether oxygens (including phenoxy) is 2. The Labute approximate surface area is 127 Å². The molecule has 0 aromatic heterocycles. The third-order valence-electron chi connectivity index (χ3n) is 2.71. The molecule has 0 aliphatic carbocycles. The van der Waals surface area contributed by atoms with Crippen molar-refractivity contribution in [2.24, 2.45) is 5.92 Å². The second-order valence-corrected chi connectivity index (χ2v) is 5.27. The summed E-state index contributed by atoms with van der Waals surface area (Å²) in [5, 5.41) is 0. The van der Waals surface area contributed by atoms with Crippen LogP contribution in [0.5, 0.6) is 5.75 Å². The van der Waals surface area contributed by atoms with E-state index < -0.39 is 12.1 Å². The minimum absolute atomic E-state index is 0.375. The highest BCUT2D eigenvalue weighted by Gasteiger charge is 2.18. The molecule has 0 spiro atoms. The standard InChI is InChI=1S/C18H22O3/c1-13(2)10-11-15(12-14(3)4)21-18(19)16-8-6-7-9-17(16)20-5/h6-9,14-15H,1,12H2,2-5H3. The fourth-order valence-electron chi connectivity index (χ4n) is 1.77. The highest BCUT2D eigenvalue weighted by molar-refractivity contribution is 5.92. The van der Waals surface area contributed by atoms with Gasteiger partial charge in [0, 0.05) is 0 Å². The predicted octanol–water partition coefficient (Wildman–Crippen LogP) is 3.85. The number of benzene rings is 1. The summed E-state index contributed by atoms with van der Waals surface area (Å²) in [6.45, 7) is 9.68. The van der Waals surface area contributed by atoms with Crippen molar-refractivity contribution in [2.45, 2.75) is 33.3 Å². The second kappa shape index (κ2) is 8.16. The van der Waals surface area contributed by atoms with Crippen molar-refractivity contribution in [3.05, 3.63) is 42.0 Å². The zero-order valence-corrected chi connectivity index (χ0v) is 13.1. The number of methoxy groups -OCH3 is 1. The van der Waals surface area contributed by atoms with E-state index in [4.69, 9.17) is 9.47 Å². The molecule has 0 amide bonds. The van der Waals surface area contributed by atoms with E-state index in [0.717, 1.165) is 5.57 Å². The molecular formula is C18H22O3. The van der Waals surface area contributed by atoms with Gasteiger partial charge in [-0.15, -0.1) is 0 Å². The highest BCUT2D eigenvalue weighted by Crippen LogP contribution is 2.20. The maximum Gasteiger partial charge on any atom is 0.343 e. The topological polar surface area (TPSA) is 35.5 Å². The smallest absolute Gasteiger partial charge is 0.343 e. The van der Waals surface area contributed by atoms with Gasteiger partial charge in [-0.25, -0.2) is 4.79 Å². The normalized spacial score (nSPS) is 11.3. The Bertz CT molecular complexity index is 561. The number of hydrogen-bond donors (Lipinski definition) is 0. The SMILES string of the molecule is C=C(C)C#CC(CC(C)C)OC(=O)c1ccccc1OC. The molecule has 0 saturated carbocycles. The zero-order valence-electron chi connectivity index (χ0n) is 13.1. The Hall–Kier alpha value is -2.21. The van der Waals surface area contributed by atoms with Gasteiger partial charge in [-0.1, -0.05) is 44.4 Å². The van der Waals surface area contributed by atoms with Gasteiger partial charge in [-0.05, 0) is 37.0 Å². The van der Waals surface area contributed by atoms with Crippen LogP contribution in [-0.2, 0) is 4.74 Å². The average Bonchev–Trinajstić information content (AvgIpc) is 2.44. The van der Waals surface area contributed by atoms with Gasteiger partial charge in [0.2, 0.25) is 0 Å². The van der Waals surface area contributed by atoms with E-state index in [1.165, 1.54) is 7.11 Å².